The molecule has 0 N–H and O–H groups in total. The summed E-state index contributed by atoms with van der Waals surface area (Å²) in [4.78, 5) is 25.2. The maximum absolute atomic E-state index is 13.8. The van der Waals surface area contributed by atoms with Gasteiger partial charge in [-0.1, -0.05) is 17.7 Å². The fourth-order valence-corrected chi connectivity index (χ4v) is 3.44. The summed E-state index contributed by atoms with van der Waals surface area (Å²) in [5, 5.41) is 0.0757. The smallest absolute Gasteiger partial charge is 0.222 e. The number of piperidine rings is 1. The highest BCUT2D eigenvalue weighted by Crippen LogP contribution is 2.40. The molecule has 3 rings (SSSR count). The Morgan fingerprint density at radius 2 is 2.18 bits per heavy atom. The number of likely N-dealkylation sites (tertiary alicyclic amines) is 1. The average Bonchev–Trinajstić information content (AvgIpc) is 3.30. The van der Waals surface area contributed by atoms with E-state index >= 15 is 0 Å². The maximum atomic E-state index is 13.8. The van der Waals surface area contributed by atoms with Gasteiger partial charge in [-0.05, 0) is 42.9 Å². The van der Waals surface area contributed by atoms with Crippen molar-refractivity contribution in [3.63, 3.8) is 0 Å². The molecule has 0 aromatic heterocycles. The fraction of sp³-hybridized carbons (Fsp3) is 0.529. The number of benzene rings is 1. The van der Waals surface area contributed by atoms with Gasteiger partial charge < -0.3 is 9.69 Å². The SMILES string of the molecule is O=CCC1(c2ccc(Cl)c(F)c2)CCC(=O)N(CC2CC2)C1. The molecular formula is C17H19ClFNO2. The van der Waals surface area contributed by atoms with Crippen molar-refractivity contribution in [1.82, 2.24) is 4.90 Å². The summed E-state index contributed by atoms with van der Waals surface area (Å²) in [5.74, 6) is 0.260. The molecular weight excluding hydrogens is 305 g/mol. The van der Waals surface area contributed by atoms with Crippen molar-refractivity contribution in [2.75, 3.05) is 13.1 Å². The van der Waals surface area contributed by atoms with Gasteiger partial charge in [0.15, 0.2) is 0 Å². The maximum Gasteiger partial charge on any atom is 0.222 e. The molecule has 1 atom stereocenters. The molecule has 0 bridgehead atoms. The van der Waals surface area contributed by atoms with E-state index in [1.807, 2.05) is 4.90 Å². The Morgan fingerprint density at radius 3 is 2.82 bits per heavy atom. The first-order valence-electron chi connectivity index (χ1n) is 7.71. The van der Waals surface area contributed by atoms with Crippen LogP contribution < -0.4 is 0 Å². The molecule has 2 fully saturated rings. The van der Waals surface area contributed by atoms with Crippen molar-refractivity contribution >= 4 is 23.8 Å². The van der Waals surface area contributed by atoms with Crippen LogP contribution in [0.5, 0.6) is 0 Å². The number of rotatable bonds is 5. The van der Waals surface area contributed by atoms with Crippen molar-refractivity contribution in [3.8, 4) is 0 Å². The van der Waals surface area contributed by atoms with Crippen LogP contribution in [0.1, 0.15) is 37.7 Å². The fourth-order valence-electron chi connectivity index (χ4n) is 3.32. The van der Waals surface area contributed by atoms with Crippen LogP contribution in [0.25, 0.3) is 0 Å². The molecule has 0 radical (unpaired) electrons. The lowest BCUT2D eigenvalue weighted by molar-refractivity contribution is -0.136. The lowest BCUT2D eigenvalue weighted by atomic mass is 9.72. The molecule has 1 amide bonds. The third kappa shape index (κ3) is 3.02. The van der Waals surface area contributed by atoms with Crippen molar-refractivity contribution < 1.29 is 14.0 Å². The summed E-state index contributed by atoms with van der Waals surface area (Å²) >= 11 is 5.76. The Balaban J connectivity index is 1.90. The van der Waals surface area contributed by atoms with Crippen LogP contribution >= 0.6 is 11.6 Å². The molecule has 2 aliphatic rings. The van der Waals surface area contributed by atoms with Crippen LogP contribution in [-0.4, -0.2) is 30.2 Å². The number of amides is 1. The first kappa shape index (κ1) is 15.5. The monoisotopic (exact) mass is 323 g/mol. The molecule has 5 heteroatoms. The number of halogens is 2. The van der Waals surface area contributed by atoms with Crippen molar-refractivity contribution in [3.05, 3.63) is 34.6 Å². The number of nitrogens with zero attached hydrogens (tertiary/aromatic N) is 1. The molecule has 1 heterocycles. The number of hydrogen-bond donors (Lipinski definition) is 0. The molecule has 1 aliphatic heterocycles. The molecule has 3 nitrogen and oxygen atoms in total. The Morgan fingerprint density at radius 1 is 1.41 bits per heavy atom. The zero-order valence-corrected chi connectivity index (χ0v) is 13.1. The summed E-state index contributed by atoms with van der Waals surface area (Å²) in [5.41, 5.74) is 0.269. The Bertz CT molecular complexity index is 602. The third-order valence-corrected chi connectivity index (χ3v) is 5.15. The molecule has 1 aliphatic carbocycles. The lowest BCUT2D eigenvalue weighted by Crippen LogP contribution is -2.49. The molecule has 1 aromatic carbocycles. The minimum atomic E-state index is -0.490. The van der Waals surface area contributed by atoms with Gasteiger partial charge in [-0.25, -0.2) is 4.39 Å². The minimum absolute atomic E-state index is 0.0757. The van der Waals surface area contributed by atoms with Gasteiger partial charge in [-0.15, -0.1) is 0 Å². The van der Waals surface area contributed by atoms with Gasteiger partial charge in [0.1, 0.15) is 12.1 Å². The van der Waals surface area contributed by atoms with Crippen LogP contribution in [0.2, 0.25) is 5.02 Å². The van der Waals surface area contributed by atoms with Crippen LogP contribution in [0.3, 0.4) is 0 Å². The average molecular weight is 324 g/mol. The summed E-state index contributed by atoms with van der Waals surface area (Å²) in [6.07, 6.45) is 4.48. The van der Waals surface area contributed by atoms with E-state index in [4.69, 9.17) is 11.6 Å². The lowest BCUT2D eigenvalue weighted by Gasteiger charge is -2.42. The van der Waals surface area contributed by atoms with E-state index in [0.29, 0.717) is 31.7 Å². The van der Waals surface area contributed by atoms with E-state index in [0.717, 1.165) is 18.4 Å². The predicted molar refractivity (Wildman–Crippen MR) is 82.3 cm³/mol. The van der Waals surface area contributed by atoms with Crippen LogP contribution in [-0.2, 0) is 15.0 Å². The first-order valence-corrected chi connectivity index (χ1v) is 8.09. The summed E-state index contributed by atoms with van der Waals surface area (Å²) in [6, 6.07) is 4.72. The molecule has 1 saturated carbocycles. The van der Waals surface area contributed by atoms with E-state index in [9.17, 15) is 14.0 Å². The van der Waals surface area contributed by atoms with Gasteiger partial charge in [0.05, 0.1) is 5.02 Å². The minimum Gasteiger partial charge on any atom is -0.342 e. The highest BCUT2D eigenvalue weighted by molar-refractivity contribution is 6.30. The standard InChI is InChI=1S/C17H19ClFNO2/c18-14-4-3-13(9-15(14)19)17(7-8-21)6-5-16(22)20(11-17)10-12-1-2-12/h3-4,8-9,12H,1-2,5-7,10-11H2. The van der Waals surface area contributed by atoms with E-state index in [1.54, 1.807) is 6.07 Å². The van der Waals surface area contributed by atoms with Crippen molar-refractivity contribution in [1.29, 1.82) is 0 Å². The number of carbonyl (C=O) groups is 2. The van der Waals surface area contributed by atoms with Crippen LogP contribution in [0.15, 0.2) is 18.2 Å². The second-order valence-electron chi connectivity index (χ2n) is 6.50. The number of carbonyl (C=O) groups excluding carboxylic acids is 2. The third-order valence-electron chi connectivity index (χ3n) is 4.85. The van der Waals surface area contributed by atoms with E-state index in [-0.39, 0.29) is 10.9 Å². The topological polar surface area (TPSA) is 37.4 Å². The summed E-state index contributed by atoms with van der Waals surface area (Å²) < 4.78 is 13.8. The van der Waals surface area contributed by atoms with Gasteiger partial charge in [-0.3, -0.25) is 4.79 Å². The predicted octanol–water partition coefficient (Wildman–Crippen LogP) is 3.34. The highest BCUT2D eigenvalue weighted by atomic mass is 35.5. The van der Waals surface area contributed by atoms with Gasteiger partial charge in [0.2, 0.25) is 5.91 Å². The number of aldehydes is 1. The van der Waals surface area contributed by atoms with Crippen molar-refractivity contribution in [2.45, 2.75) is 37.5 Å². The van der Waals surface area contributed by atoms with Crippen LogP contribution in [0.4, 0.5) is 4.39 Å². The van der Waals surface area contributed by atoms with Gasteiger partial charge in [-0.2, -0.15) is 0 Å². The molecule has 1 saturated heterocycles. The summed E-state index contributed by atoms with van der Waals surface area (Å²) in [6.45, 7) is 1.25. The normalized spacial score (nSPS) is 25.4. The second-order valence-corrected chi connectivity index (χ2v) is 6.90. The zero-order chi connectivity index (χ0) is 15.7. The molecule has 118 valence electrons. The van der Waals surface area contributed by atoms with E-state index < -0.39 is 11.2 Å². The van der Waals surface area contributed by atoms with E-state index in [2.05, 4.69) is 0 Å². The second kappa shape index (κ2) is 5.99. The summed E-state index contributed by atoms with van der Waals surface area (Å²) in [7, 11) is 0. The van der Waals surface area contributed by atoms with Crippen molar-refractivity contribution in [2.24, 2.45) is 5.92 Å². The Kier molecular flexibility index (Phi) is 4.22. The number of hydrogen-bond acceptors (Lipinski definition) is 2. The molecule has 0 spiro atoms. The highest BCUT2D eigenvalue weighted by Gasteiger charge is 2.41. The van der Waals surface area contributed by atoms with Gasteiger partial charge >= 0.3 is 0 Å². The first-order chi connectivity index (χ1) is 10.5. The molecule has 1 aromatic rings. The van der Waals surface area contributed by atoms with Gasteiger partial charge in [0.25, 0.3) is 0 Å². The van der Waals surface area contributed by atoms with Crippen LogP contribution in [0, 0.1) is 11.7 Å². The quantitative estimate of drug-likeness (QED) is 0.779. The Hall–Kier alpha value is -1.42. The zero-order valence-electron chi connectivity index (χ0n) is 12.4. The van der Waals surface area contributed by atoms with Gasteiger partial charge in [0, 0.05) is 31.3 Å². The molecule has 1 unspecified atom stereocenters. The Labute approximate surface area is 134 Å². The molecule has 22 heavy (non-hydrogen) atoms. The van der Waals surface area contributed by atoms with E-state index in [1.165, 1.54) is 25.0 Å². The largest absolute Gasteiger partial charge is 0.342 e.